The van der Waals surface area contributed by atoms with Crippen molar-refractivity contribution in [2.24, 2.45) is 11.8 Å². The second kappa shape index (κ2) is 3.24. The van der Waals surface area contributed by atoms with Gasteiger partial charge in [0.15, 0.2) is 0 Å². The van der Waals surface area contributed by atoms with Gasteiger partial charge in [0, 0.05) is 24.6 Å². The van der Waals surface area contributed by atoms with Crippen molar-refractivity contribution in [1.82, 2.24) is 14.7 Å². The Morgan fingerprint density at radius 2 is 1.94 bits per heavy atom. The molecule has 3 heterocycles. The first-order valence-electron chi connectivity index (χ1n) is 5.05. The van der Waals surface area contributed by atoms with Crippen LogP contribution in [0.4, 0.5) is 5.13 Å². The Morgan fingerprint density at radius 3 is 2.44 bits per heavy atom. The number of hydrogen-bond donors (Lipinski definition) is 1. The lowest BCUT2D eigenvalue weighted by molar-refractivity contribution is -0.126. The van der Waals surface area contributed by atoms with E-state index in [1.807, 2.05) is 11.8 Å². The van der Waals surface area contributed by atoms with Gasteiger partial charge in [-0.25, -0.2) is 4.98 Å². The first-order valence-corrected chi connectivity index (χ1v) is 5.82. The molecule has 6 nitrogen and oxygen atoms in total. The molecule has 1 N–H and O–H groups in total. The smallest absolute Gasteiger partial charge is 0.232 e. The summed E-state index contributed by atoms with van der Waals surface area (Å²) in [6, 6.07) is 0. The van der Waals surface area contributed by atoms with Crippen LogP contribution < -0.4 is 10.2 Å². The molecule has 84 valence electrons. The quantitative estimate of drug-likeness (QED) is 0.671. The van der Waals surface area contributed by atoms with Gasteiger partial charge < -0.3 is 4.90 Å². The van der Waals surface area contributed by atoms with E-state index < -0.39 is 0 Å². The molecule has 0 spiro atoms. The lowest BCUT2D eigenvalue weighted by Gasteiger charge is -2.14. The van der Waals surface area contributed by atoms with E-state index >= 15 is 0 Å². The molecule has 16 heavy (non-hydrogen) atoms. The van der Waals surface area contributed by atoms with Crippen molar-refractivity contribution < 1.29 is 9.59 Å². The van der Waals surface area contributed by atoms with Gasteiger partial charge in [-0.1, -0.05) is 0 Å². The molecule has 1 aromatic heterocycles. The Morgan fingerprint density at radius 1 is 1.31 bits per heavy atom. The van der Waals surface area contributed by atoms with E-state index in [0.29, 0.717) is 13.1 Å². The molecule has 2 atom stereocenters. The standard InChI is InChI=1S/C9H10N4O2S/c1-4-10-9(16-12-4)13-2-5-6(3-13)8(15)11-7(5)14/h5-6H,2-3H2,1H3,(H,11,14,15)/t5-,6+. The Kier molecular flexibility index (Phi) is 1.97. The molecule has 2 saturated heterocycles. The molecule has 0 bridgehead atoms. The number of nitrogens with one attached hydrogen (secondary N) is 1. The van der Waals surface area contributed by atoms with Crippen molar-refractivity contribution in [2.45, 2.75) is 6.92 Å². The molecule has 0 aromatic carbocycles. The molecule has 0 unspecified atom stereocenters. The van der Waals surface area contributed by atoms with Gasteiger partial charge in [0.2, 0.25) is 16.9 Å². The average molecular weight is 238 g/mol. The lowest BCUT2D eigenvalue weighted by Crippen LogP contribution is -2.31. The molecular formula is C9H10N4O2S. The van der Waals surface area contributed by atoms with E-state index in [4.69, 9.17) is 0 Å². The maximum atomic E-state index is 11.5. The highest BCUT2D eigenvalue weighted by Crippen LogP contribution is 2.32. The summed E-state index contributed by atoms with van der Waals surface area (Å²) in [4.78, 5) is 29.1. The van der Waals surface area contributed by atoms with Crippen LogP contribution in [-0.2, 0) is 9.59 Å². The molecule has 2 fully saturated rings. The third-order valence-electron chi connectivity index (χ3n) is 3.03. The van der Waals surface area contributed by atoms with Crippen LogP contribution >= 0.6 is 11.5 Å². The average Bonchev–Trinajstić information content (AvgIpc) is 2.86. The van der Waals surface area contributed by atoms with Crippen molar-refractivity contribution in [3.63, 3.8) is 0 Å². The topological polar surface area (TPSA) is 75.2 Å². The van der Waals surface area contributed by atoms with Crippen molar-refractivity contribution in [2.75, 3.05) is 18.0 Å². The van der Waals surface area contributed by atoms with Gasteiger partial charge >= 0.3 is 0 Å². The third-order valence-corrected chi connectivity index (χ3v) is 3.90. The molecule has 1 aromatic rings. The van der Waals surface area contributed by atoms with Crippen molar-refractivity contribution >= 4 is 28.5 Å². The number of anilines is 1. The summed E-state index contributed by atoms with van der Waals surface area (Å²) in [6.07, 6.45) is 0. The summed E-state index contributed by atoms with van der Waals surface area (Å²) in [6.45, 7) is 2.96. The van der Waals surface area contributed by atoms with Crippen molar-refractivity contribution in [3.8, 4) is 0 Å². The fourth-order valence-corrected chi connectivity index (χ4v) is 2.90. The SMILES string of the molecule is Cc1nsc(N2C[C@@H]3C(=O)NC(=O)[C@@H]3C2)n1. The van der Waals surface area contributed by atoms with Crippen LogP contribution in [0.25, 0.3) is 0 Å². The summed E-state index contributed by atoms with van der Waals surface area (Å²) in [7, 11) is 0. The summed E-state index contributed by atoms with van der Waals surface area (Å²) in [5.41, 5.74) is 0. The van der Waals surface area contributed by atoms with Gasteiger partial charge in [0.1, 0.15) is 5.82 Å². The zero-order valence-electron chi connectivity index (χ0n) is 8.64. The van der Waals surface area contributed by atoms with Crippen LogP contribution in [0.3, 0.4) is 0 Å². The number of carbonyl (C=O) groups excluding carboxylic acids is 2. The fourth-order valence-electron chi connectivity index (χ4n) is 2.21. The van der Waals surface area contributed by atoms with Crippen LogP contribution in [0, 0.1) is 18.8 Å². The summed E-state index contributed by atoms with van der Waals surface area (Å²) >= 11 is 1.31. The molecule has 7 heteroatoms. The van der Waals surface area contributed by atoms with Crippen molar-refractivity contribution in [3.05, 3.63) is 5.82 Å². The van der Waals surface area contributed by atoms with Crippen LogP contribution in [0.1, 0.15) is 5.82 Å². The largest absolute Gasteiger partial charge is 0.345 e. The number of nitrogens with zero attached hydrogens (tertiary/aromatic N) is 3. The van der Waals surface area contributed by atoms with Crippen LogP contribution in [0.15, 0.2) is 0 Å². The molecule has 0 radical (unpaired) electrons. The number of amides is 2. The predicted molar refractivity (Wildman–Crippen MR) is 57.0 cm³/mol. The van der Waals surface area contributed by atoms with Crippen LogP contribution in [0.5, 0.6) is 0 Å². The molecule has 2 amide bonds. The van der Waals surface area contributed by atoms with Gasteiger partial charge in [-0.2, -0.15) is 4.37 Å². The summed E-state index contributed by atoms with van der Waals surface area (Å²) in [5, 5.41) is 3.16. The Balaban J connectivity index is 1.84. The highest BCUT2D eigenvalue weighted by Gasteiger charge is 2.48. The van der Waals surface area contributed by atoms with Gasteiger partial charge in [-0.05, 0) is 6.92 Å². The minimum absolute atomic E-state index is 0.154. The number of carbonyl (C=O) groups is 2. The number of rotatable bonds is 1. The molecular weight excluding hydrogens is 228 g/mol. The van der Waals surface area contributed by atoms with Gasteiger partial charge in [-0.3, -0.25) is 14.9 Å². The Labute approximate surface area is 95.8 Å². The molecule has 3 rings (SSSR count). The van der Waals surface area contributed by atoms with E-state index in [1.165, 1.54) is 11.5 Å². The summed E-state index contributed by atoms with van der Waals surface area (Å²) < 4.78 is 4.10. The number of hydrogen-bond acceptors (Lipinski definition) is 6. The lowest BCUT2D eigenvalue weighted by atomic mass is 10.00. The zero-order chi connectivity index (χ0) is 11.3. The van der Waals surface area contributed by atoms with Gasteiger partial charge in [-0.15, -0.1) is 0 Å². The molecule has 2 aliphatic rings. The van der Waals surface area contributed by atoms with Crippen LogP contribution in [0.2, 0.25) is 0 Å². The molecule has 2 aliphatic heterocycles. The predicted octanol–water partition coefficient (Wildman–Crippen LogP) is -0.445. The minimum Gasteiger partial charge on any atom is -0.345 e. The number of fused-ring (bicyclic) bond motifs is 1. The normalized spacial score (nSPS) is 28.4. The Bertz CT molecular complexity index is 450. The minimum atomic E-state index is -0.211. The van der Waals surface area contributed by atoms with E-state index in [2.05, 4.69) is 14.7 Å². The van der Waals surface area contributed by atoms with E-state index in [-0.39, 0.29) is 23.7 Å². The zero-order valence-corrected chi connectivity index (χ0v) is 9.45. The second-order valence-electron chi connectivity index (χ2n) is 4.10. The highest BCUT2D eigenvalue weighted by atomic mass is 32.1. The summed E-state index contributed by atoms with van der Waals surface area (Å²) in [5.74, 6) is -0.00118. The number of aryl methyl sites for hydroxylation is 1. The van der Waals surface area contributed by atoms with E-state index in [1.54, 1.807) is 0 Å². The Hall–Kier alpha value is -1.50. The highest BCUT2D eigenvalue weighted by molar-refractivity contribution is 7.09. The van der Waals surface area contributed by atoms with Crippen LogP contribution in [-0.4, -0.2) is 34.3 Å². The first-order chi connectivity index (χ1) is 7.65. The number of aromatic nitrogens is 2. The second-order valence-corrected chi connectivity index (χ2v) is 4.83. The maximum absolute atomic E-state index is 11.5. The number of imide groups is 1. The van der Waals surface area contributed by atoms with E-state index in [9.17, 15) is 9.59 Å². The molecule has 0 saturated carbocycles. The van der Waals surface area contributed by atoms with Gasteiger partial charge in [0.25, 0.3) is 0 Å². The molecule has 0 aliphatic carbocycles. The third kappa shape index (κ3) is 1.31. The first kappa shape index (κ1) is 9.71. The monoisotopic (exact) mass is 238 g/mol. The maximum Gasteiger partial charge on any atom is 0.232 e. The van der Waals surface area contributed by atoms with Gasteiger partial charge in [0.05, 0.1) is 11.8 Å². The van der Waals surface area contributed by atoms with Crippen molar-refractivity contribution in [1.29, 1.82) is 0 Å². The fraction of sp³-hybridized carbons (Fsp3) is 0.556. The van der Waals surface area contributed by atoms with E-state index in [0.717, 1.165) is 11.0 Å².